The Morgan fingerprint density at radius 3 is 2.88 bits per heavy atom. The molecule has 2 saturated heterocycles. The number of aliphatic hydroxyl groups excluding tert-OH is 1. The van der Waals surface area contributed by atoms with E-state index >= 15 is 0 Å². The first-order valence-electron chi connectivity index (χ1n) is 8.78. The number of aryl methyl sites for hydroxylation is 1. The number of carbonyl (C=O) groups excluding carboxylic acids is 1. The average molecular weight is 328 g/mol. The van der Waals surface area contributed by atoms with Gasteiger partial charge in [0.1, 0.15) is 5.58 Å². The molecule has 0 spiro atoms. The SMILES string of the molecule is Cc1ccc2c(CC(=O)N3C[C@@H](O)[C@H](N4CCCC4)C3)coc2c1. The number of nitrogens with zero attached hydrogens (tertiary/aromatic N) is 2. The molecule has 2 atom stereocenters. The molecule has 3 heterocycles. The van der Waals surface area contributed by atoms with E-state index < -0.39 is 6.10 Å². The number of β-amino-alcohol motifs (C(OH)–C–C–N with tert-alkyl or cyclic N) is 1. The second kappa shape index (κ2) is 6.22. The number of benzene rings is 1. The molecule has 0 bridgehead atoms. The zero-order valence-corrected chi connectivity index (χ0v) is 14.1. The lowest BCUT2D eigenvalue weighted by Crippen LogP contribution is -2.41. The lowest BCUT2D eigenvalue weighted by molar-refractivity contribution is -0.129. The van der Waals surface area contributed by atoms with E-state index in [1.807, 2.05) is 25.1 Å². The summed E-state index contributed by atoms with van der Waals surface area (Å²) in [6.07, 6.45) is 3.97. The number of furan rings is 1. The monoisotopic (exact) mass is 328 g/mol. The predicted molar refractivity (Wildman–Crippen MR) is 91.8 cm³/mol. The largest absolute Gasteiger partial charge is 0.464 e. The molecule has 2 aliphatic rings. The van der Waals surface area contributed by atoms with Crippen molar-refractivity contribution in [3.63, 3.8) is 0 Å². The van der Waals surface area contributed by atoms with E-state index in [1.165, 1.54) is 12.8 Å². The van der Waals surface area contributed by atoms with Crippen LogP contribution >= 0.6 is 0 Å². The summed E-state index contributed by atoms with van der Waals surface area (Å²) in [6.45, 7) is 5.17. The van der Waals surface area contributed by atoms with E-state index in [9.17, 15) is 9.90 Å². The maximum absolute atomic E-state index is 12.7. The number of carbonyl (C=O) groups is 1. The summed E-state index contributed by atoms with van der Waals surface area (Å²) in [6, 6.07) is 6.14. The Bertz CT molecular complexity index is 748. The van der Waals surface area contributed by atoms with Crippen LogP contribution in [-0.2, 0) is 11.2 Å². The van der Waals surface area contributed by atoms with Crippen molar-refractivity contribution in [2.45, 2.75) is 38.3 Å². The van der Waals surface area contributed by atoms with Crippen LogP contribution in [0, 0.1) is 6.92 Å². The first kappa shape index (κ1) is 15.7. The summed E-state index contributed by atoms with van der Waals surface area (Å²) < 4.78 is 5.59. The van der Waals surface area contributed by atoms with Crippen molar-refractivity contribution >= 4 is 16.9 Å². The fourth-order valence-electron chi connectivity index (χ4n) is 4.01. The molecular formula is C19H24N2O3. The molecule has 2 fully saturated rings. The number of hydrogen-bond donors (Lipinski definition) is 1. The molecule has 0 aliphatic carbocycles. The van der Waals surface area contributed by atoms with Crippen LogP contribution < -0.4 is 0 Å². The molecule has 0 unspecified atom stereocenters. The average Bonchev–Trinajstić information content (AvgIpc) is 3.27. The van der Waals surface area contributed by atoms with E-state index in [2.05, 4.69) is 4.90 Å². The Hall–Kier alpha value is -1.85. The number of aliphatic hydroxyl groups is 1. The van der Waals surface area contributed by atoms with Crippen molar-refractivity contribution in [1.29, 1.82) is 0 Å². The van der Waals surface area contributed by atoms with E-state index in [-0.39, 0.29) is 11.9 Å². The maximum Gasteiger partial charge on any atom is 0.227 e. The van der Waals surface area contributed by atoms with Gasteiger partial charge < -0.3 is 14.4 Å². The Morgan fingerprint density at radius 2 is 2.08 bits per heavy atom. The Balaban J connectivity index is 1.46. The van der Waals surface area contributed by atoms with Crippen LogP contribution in [0.5, 0.6) is 0 Å². The van der Waals surface area contributed by atoms with E-state index in [4.69, 9.17) is 4.42 Å². The standard InChI is InChI=1S/C19H24N2O3/c1-13-4-5-15-14(12-24-18(15)8-13)9-19(23)21-10-16(17(22)11-21)20-6-2-3-7-20/h4-5,8,12,16-17,22H,2-3,6-7,9-11H2,1H3/t16-,17-/m1/s1. The fraction of sp³-hybridized carbons (Fsp3) is 0.526. The molecule has 1 N–H and O–H groups in total. The van der Waals surface area contributed by atoms with E-state index in [0.717, 1.165) is 35.2 Å². The molecule has 2 aromatic rings. The van der Waals surface area contributed by atoms with Gasteiger partial charge in [-0.25, -0.2) is 0 Å². The highest BCUT2D eigenvalue weighted by Crippen LogP contribution is 2.25. The van der Waals surface area contributed by atoms with E-state index in [0.29, 0.717) is 19.5 Å². The summed E-state index contributed by atoms with van der Waals surface area (Å²) >= 11 is 0. The molecule has 1 aromatic carbocycles. The van der Waals surface area contributed by atoms with Crippen LogP contribution in [-0.4, -0.2) is 59.1 Å². The van der Waals surface area contributed by atoms with Gasteiger partial charge in [-0.15, -0.1) is 0 Å². The van der Waals surface area contributed by atoms with Crippen molar-refractivity contribution in [2.75, 3.05) is 26.2 Å². The van der Waals surface area contributed by atoms with Gasteiger partial charge in [0.05, 0.1) is 24.8 Å². The van der Waals surface area contributed by atoms with Gasteiger partial charge in [0, 0.05) is 24.0 Å². The van der Waals surface area contributed by atoms with Crippen molar-refractivity contribution < 1.29 is 14.3 Å². The highest BCUT2D eigenvalue weighted by molar-refractivity contribution is 5.88. The van der Waals surface area contributed by atoms with Crippen molar-refractivity contribution in [3.8, 4) is 0 Å². The number of hydrogen-bond acceptors (Lipinski definition) is 4. The van der Waals surface area contributed by atoms with Gasteiger partial charge in [0.2, 0.25) is 5.91 Å². The molecule has 2 aliphatic heterocycles. The van der Waals surface area contributed by atoms with Gasteiger partial charge in [-0.2, -0.15) is 0 Å². The molecule has 5 heteroatoms. The third-order valence-corrected chi connectivity index (χ3v) is 5.37. The first-order chi connectivity index (χ1) is 11.6. The highest BCUT2D eigenvalue weighted by atomic mass is 16.3. The Morgan fingerprint density at radius 1 is 1.29 bits per heavy atom. The summed E-state index contributed by atoms with van der Waals surface area (Å²) in [4.78, 5) is 16.8. The molecule has 1 amide bonds. The number of rotatable bonds is 3. The van der Waals surface area contributed by atoms with Gasteiger partial charge >= 0.3 is 0 Å². The minimum atomic E-state index is -0.434. The van der Waals surface area contributed by atoms with Crippen LogP contribution in [0.1, 0.15) is 24.0 Å². The fourth-order valence-corrected chi connectivity index (χ4v) is 4.01. The van der Waals surface area contributed by atoms with Crippen LogP contribution in [0.2, 0.25) is 0 Å². The predicted octanol–water partition coefficient (Wildman–Crippen LogP) is 1.95. The van der Waals surface area contributed by atoms with Crippen molar-refractivity contribution in [3.05, 3.63) is 35.6 Å². The molecule has 5 nitrogen and oxygen atoms in total. The Kier molecular flexibility index (Phi) is 4.06. The minimum Gasteiger partial charge on any atom is -0.464 e. The summed E-state index contributed by atoms with van der Waals surface area (Å²) in [5, 5.41) is 11.3. The summed E-state index contributed by atoms with van der Waals surface area (Å²) in [5.41, 5.74) is 2.90. The van der Waals surface area contributed by atoms with Crippen molar-refractivity contribution in [1.82, 2.24) is 9.80 Å². The smallest absolute Gasteiger partial charge is 0.227 e. The maximum atomic E-state index is 12.7. The third kappa shape index (κ3) is 2.82. The number of amides is 1. The van der Waals surface area contributed by atoms with Gasteiger partial charge in [0.25, 0.3) is 0 Å². The van der Waals surface area contributed by atoms with E-state index in [1.54, 1.807) is 11.2 Å². The lowest BCUT2D eigenvalue weighted by atomic mass is 10.1. The van der Waals surface area contributed by atoms with Crippen LogP contribution in [0.3, 0.4) is 0 Å². The molecule has 1 aromatic heterocycles. The summed E-state index contributed by atoms with van der Waals surface area (Å²) in [5.74, 6) is 0.0685. The van der Waals surface area contributed by atoms with Gasteiger partial charge in [-0.1, -0.05) is 12.1 Å². The lowest BCUT2D eigenvalue weighted by Gasteiger charge is -2.25. The van der Waals surface area contributed by atoms with Crippen molar-refractivity contribution in [2.24, 2.45) is 0 Å². The zero-order valence-electron chi connectivity index (χ0n) is 14.1. The minimum absolute atomic E-state index is 0.0685. The van der Waals surface area contributed by atoms with Gasteiger partial charge in [-0.05, 0) is 44.5 Å². The zero-order chi connectivity index (χ0) is 16.7. The normalized spacial score (nSPS) is 25.0. The van der Waals surface area contributed by atoms with Crippen LogP contribution in [0.15, 0.2) is 28.9 Å². The first-order valence-corrected chi connectivity index (χ1v) is 8.78. The number of fused-ring (bicyclic) bond motifs is 1. The topological polar surface area (TPSA) is 56.9 Å². The van der Waals surface area contributed by atoms with Gasteiger partial charge in [-0.3, -0.25) is 9.69 Å². The second-order valence-electron chi connectivity index (χ2n) is 7.11. The third-order valence-electron chi connectivity index (χ3n) is 5.37. The van der Waals surface area contributed by atoms with Crippen LogP contribution in [0.4, 0.5) is 0 Å². The molecule has 4 rings (SSSR count). The molecule has 0 saturated carbocycles. The van der Waals surface area contributed by atoms with Gasteiger partial charge in [0.15, 0.2) is 0 Å². The second-order valence-corrected chi connectivity index (χ2v) is 7.11. The Labute approximate surface area is 141 Å². The number of likely N-dealkylation sites (tertiary alicyclic amines) is 2. The highest BCUT2D eigenvalue weighted by Gasteiger charge is 2.38. The molecule has 128 valence electrons. The molecule has 0 radical (unpaired) electrons. The molecular weight excluding hydrogens is 304 g/mol. The van der Waals surface area contributed by atoms with Crippen LogP contribution in [0.25, 0.3) is 11.0 Å². The quantitative estimate of drug-likeness (QED) is 0.936. The summed E-state index contributed by atoms with van der Waals surface area (Å²) in [7, 11) is 0. The molecule has 24 heavy (non-hydrogen) atoms.